The van der Waals surface area contributed by atoms with E-state index in [9.17, 15) is 22.8 Å². The topological polar surface area (TPSA) is 110 Å². The summed E-state index contributed by atoms with van der Waals surface area (Å²) < 4.78 is 28.5. The summed E-state index contributed by atoms with van der Waals surface area (Å²) in [5.74, 6) is -1.22. The zero-order chi connectivity index (χ0) is 18.5. The first kappa shape index (κ1) is 17.0. The standard InChI is InChI=1S/C17H18N2O6S/c20-14-6-5-13(15(21)18-10-7-8-26(23,24)9-10)19(14)16-11-3-1-2-4-12(11)17(22)25-16/h1-4,10,13,16H,5-9H2,(H,18,21)/t10?,13-,16?/m0/s1. The summed E-state index contributed by atoms with van der Waals surface area (Å²) in [7, 11) is -3.12. The number of cyclic esters (lactones) is 1. The first-order chi connectivity index (χ1) is 12.4. The highest BCUT2D eigenvalue weighted by molar-refractivity contribution is 7.91. The highest BCUT2D eigenvalue weighted by Crippen LogP contribution is 2.38. The van der Waals surface area contributed by atoms with Gasteiger partial charge in [-0.3, -0.25) is 14.5 Å². The van der Waals surface area contributed by atoms with Crippen LogP contribution in [0.1, 0.15) is 41.4 Å². The Bertz CT molecular complexity index is 896. The minimum Gasteiger partial charge on any atom is -0.433 e. The number of carbonyl (C=O) groups is 3. The summed E-state index contributed by atoms with van der Waals surface area (Å²) in [5.41, 5.74) is 0.951. The van der Waals surface area contributed by atoms with Crippen molar-refractivity contribution in [2.24, 2.45) is 0 Å². The minimum absolute atomic E-state index is 0.0544. The predicted molar refractivity (Wildman–Crippen MR) is 89.7 cm³/mol. The van der Waals surface area contributed by atoms with Gasteiger partial charge in [0.25, 0.3) is 0 Å². The lowest BCUT2D eigenvalue weighted by atomic mass is 10.1. The number of rotatable bonds is 3. The lowest BCUT2D eigenvalue weighted by molar-refractivity contribution is -0.145. The second kappa shape index (κ2) is 6.08. The van der Waals surface area contributed by atoms with Gasteiger partial charge >= 0.3 is 5.97 Å². The number of sulfone groups is 1. The van der Waals surface area contributed by atoms with Crippen molar-refractivity contribution in [2.75, 3.05) is 11.5 Å². The van der Waals surface area contributed by atoms with Gasteiger partial charge in [0.1, 0.15) is 6.04 Å². The maximum atomic E-state index is 12.7. The van der Waals surface area contributed by atoms with Crippen LogP contribution in [0.15, 0.2) is 24.3 Å². The SMILES string of the molecule is O=C1OC(N2C(=O)CC[C@H]2C(=O)NC2CCS(=O)(=O)C2)c2ccccc21. The van der Waals surface area contributed by atoms with E-state index >= 15 is 0 Å². The third-order valence-electron chi connectivity index (χ3n) is 5.05. The Morgan fingerprint density at radius 2 is 1.96 bits per heavy atom. The van der Waals surface area contributed by atoms with Crippen LogP contribution in [0.3, 0.4) is 0 Å². The number of nitrogens with one attached hydrogen (secondary N) is 1. The third kappa shape index (κ3) is 2.86. The minimum atomic E-state index is -3.12. The molecule has 0 bridgehead atoms. The average molecular weight is 378 g/mol. The van der Waals surface area contributed by atoms with Crippen LogP contribution in [0.4, 0.5) is 0 Å². The van der Waals surface area contributed by atoms with Crippen LogP contribution in [0, 0.1) is 0 Å². The molecule has 3 heterocycles. The fourth-order valence-electron chi connectivity index (χ4n) is 3.79. The number of ether oxygens (including phenoxy) is 1. The van der Waals surface area contributed by atoms with E-state index in [4.69, 9.17) is 4.74 Å². The summed E-state index contributed by atoms with van der Waals surface area (Å²) in [5, 5.41) is 2.73. The predicted octanol–water partition coefficient (Wildman–Crippen LogP) is 0.150. The lowest BCUT2D eigenvalue weighted by Crippen LogP contribution is -2.49. The molecule has 2 unspecified atom stereocenters. The number of likely N-dealkylation sites (tertiary alicyclic amines) is 1. The molecule has 0 saturated carbocycles. The van der Waals surface area contributed by atoms with Crippen LogP contribution in [0.5, 0.6) is 0 Å². The van der Waals surface area contributed by atoms with Crippen molar-refractivity contribution >= 4 is 27.6 Å². The fourth-order valence-corrected chi connectivity index (χ4v) is 5.47. The molecule has 8 nitrogen and oxygen atoms in total. The van der Waals surface area contributed by atoms with Gasteiger partial charge in [0.2, 0.25) is 18.0 Å². The quantitative estimate of drug-likeness (QED) is 0.750. The van der Waals surface area contributed by atoms with Crippen LogP contribution >= 0.6 is 0 Å². The Morgan fingerprint density at radius 1 is 1.19 bits per heavy atom. The van der Waals surface area contributed by atoms with E-state index in [0.717, 1.165) is 0 Å². The summed E-state index contributed by atoms with van der Waals surface area (Å²) >= 11 is 0. The summed E-state index contributed by atoms with van der Waals surface area (Å²) in [6.07, 6.45) is -0.0649. The van der Waals surface area contributed by atoms with Crippen molar-refractivity contribution in [2.45, 2.75) is 37.6 Å². The summed E-state index contributed by atoms with van der Waals surface area (Å²) in [4.78, 5) is 38.4. The van der Waals surface area contributed by atoms with Crippen molar-refractivity contribution in [3.8, 4) is 0 Å². The van der Waals surface area contributed by atoms with Gasteiger partial charge in [-0.2, -0.15) is 0 Å². The third-order valence-corrected chi connectivity index (χ3v) is 6.82. The molecular formula is C17H18N2O6S. The van der Waals surface area contributed by atoms with Gasteiger partial charge in [-0.05, 0) is 18.9 Å². The van der Waals surface area contributed by atoms with Gasteiger partial charge in [0.05, 0.1) is 17.1 Å². The molecular weight excluding hydrogens is 360 g/mol. The molecule has 2 saturated heterocycles. The second-order valence-electron chi connectivity index (χ2n) is 6.81. The molecule has 1 N–H and O–H groups in total. The van der Waals surface area contributed by atoms with Crippen molar-refractivity contribution in [1.29, 1.82) is 0 Å². The molecule has 3 atom stereocenters. The van der Waals surface area contributed by atoms with E-state index in [1.807, 2.05) is 0 Å². The molecule has 138 valence electrons. The molecule has 2 amide bonds. The number of amides is 2. The Kier molecular flexibility index (Phi) is 3.98. The van der Waals surface area contributed by atoms with Crippen molar-refractivity contribution in [1.82, 2.24) is 10.2 Å². The molecule has 0 radical (unpaired) electrons. The van der Waals surface area contributed by atoms with E-state index in [1.54, 1.807) is 24.3 Å². The highest BCUT2D eigenvalue weighted by Gasteiger charge is 2.46. The lowest BCUT2D eigenvalue weighted by Gasteiger charge is -2.29. The normalized spacial score (nSPS) is 29.5. The molecule has 0 aliphatic carbocycles. The number of hydrogen-bond donors (Lipinski definition) is 1. The zero-order valence-electron chi connectivity index (χ0n) is 13.9. The number of hydrogen-bond acceptors (Lipinski definition) is 6. The number of fused-ring (bicyclic) bond motifs is 1. The van der Waals surface area contributed by atoms with E-state index in [-0.39, 0.29) is 23.8 Å². The van der Waals surface area contributed by atoms with E-state index < -0.39 is 40.0 Å². The molecule has 3 aliphatic rings. The maximum Gasteiger partial charge on any atom is 0.340 e. The van der Waals surface area contributed by atoms with E-state index in [2.05, 4.69) is 5.32 Å². The first-order valence-electron chi connectivity index (χ1n) is 8.47. The van der Waals surface area contributed by atoms with Crippen molar-refractivity contribution in [3.63, 3.8) is 0 Å². The number of carbonyl (C=O) groups excluding carboxylic acids is 3. The maximum absolute atomic E-state index is 12.7. The molecule has 2 fully saturated rings. The van der Waals surface area contributed by atoms with Crippen LogP contribution in [-0.4, -0.2) is 54.7 Å². The molecule has 9 heteroatoms. The molecule has 1 aromatic carbocycles. The highest BCUT2D eigenvalue weighted by atomic mass is 32.2. The second-order valence-corrected chi connectivity index (χ2v) is 9.04. The summed E-state index contributed by atoms with van der Waals surface area (Å²) in [6.45, 7) is 0. The molecule has 0 spiro atoms. The zero-order valence-corrected chi connectivity index (χ0v) is 14.7. The van der Waals surface area contributed by atoms with Crippen molar-refractivity contribution < 1.29 is 27.5 Å². The van der Waals surface area contributed by atoms with Gasteiger partial charge in [-0.1, -0.05) is 18.2 Å². The van der Waals surface area contributed by atoms with E-state index in [0.29, 0.717) is 24.0 Å². The number of nitrogens with zero attached hydrogens (tertiary/aromatic N) is 1. The van der Waals surface area contributed by atoms with Gasteiger partial charge in [0.15, 0.2) is 9.84 Å². The molecule has 26 heavy (non-hydrogen) atoms. The molecule has 3 aliphatic heterocycles. The number of benzene rings is 1. The van der Waals surface area contributed by atoms with Crippen LogP contribution in [0.2, 0.25) is 0 Å². The molecule has 0 aromatic heterocycles. The average Bonchev–Trinajstić information content (AvgIpc) is 3.24. The van der Waals surface area contributed by atoms with E-state index in [1.165, 1.54) is 4.90 Å². The monoisotopic (exact) mass is 378 g/mol. The Balaban J connectivity index is 1.55. The Morgan fingerprint density at radius 3 is 2.69 bits per heavy atom. The van der Waals surface area contributed by atoms with Gasteiger partial charge in [-0.15, -0.1) is 0 Å². The fraction of sp³-hybridized carbons (Fsp3) is 0.471. The van der Waals surface area contributed by atoms with Gasteiger partial charge in [0, 0.05) is 18.0 Å². The summed E-state index contributed by atoms with van der Waals surface area (Å²) in [6, 6.07) is 5.55. The van der Waals surface area contributed by atoms with Gasteiger partial charge < -0.3 is 10.1 Å². The van der Waals surface area contributed by atoms with Crippen LogP contribution in [-0.2, 0) is 24.2 Å². The smallest absolute Gasteiger partial charge is 0.340 e. The largest absolute Gasteiger partial charge is 0.433 e. The van der Waals surface area contributed by atoms with Crippen LogP contribution in [0.25, 0.3) is 0 Å². The van der Waals surface area contributed by atoms with Crippen molar-refractivity contribution in [3.05, 3.63) is 35.4 Å². The van der Waals surface area contributed by atoms with Crippen LogP contribution < -0.4 is 5.32 Å². The molecule has 4 rings (SSSR count). The first-order valence-corrected chi connectivity index (χ1v) is 10.3. The Hall–Kier alpha value is -2.42. The number of esters is 1. The molecule has 1 aromatic rings. The van der Waals surface area contributed by atoms with Gasteiger partial charge in [-0.25, -0.2) is 13.2 Å². The Labute approximate surface area is 150 Å².